The first-order chi connectivity index (χ1) is 12.8. The average Bonchev–Trinajstić information content (AvgIpc) is 3.10. The molecule has 0 atom stereocenters. The Balaban J connectivity index is 1.34. The van der Waals surface area contributed by atoms with Gasteiger partial charge in [0, 0.05) is 32.3 Å². The van der Waals surface area contributed by atoms with Crippen molar-refractivity contribution in [1.82, 2.24) is 24.6 Å². The maximum atomic E-state index is 14.0. The van der Waals surface area contributed by atoms with Crippen LogP contribution in [-0.4, -0.2) is 57.4 Å². The molecule has 136 valence electrons. The molecule has 4 rings (SSSR count). The normalized spacial score (nSPS) is 14.7. The number of hydrogen-bond donors (Lipinski definition) is 1. The fourth-order valence-electron chi connectivity index (χ4n) is 2.95. The third-order valence-corrected chi connectivity index (χ3v) is 4.28. The molecule has 0 bridgehead atoms. The van der Waals surface area contributed by atoms with Gasteiger partial charge in [0.15, 0.2) is 17.3 Å². The molecule has 0 aliphatic carbocycles. The lowest BCUT2D eigenvalue weighted by Crippen LogP contribution is -2.37. The molecule has 0 amide bonds. The van der Waals surface area contributed by atoms with Crippen LogP contribution in [0, 0.1) is 5.82 Å². The van der Waals surface area contributed by atoms with E-state index in [2.05, 4.69) is 25.5 Å². The largest absolute Gasteiger partial charge is 0.378 e. The molecule has 0 aromatic carbocycles. The minimum Gasteiger partial charge on any atom is -0.378 e. The van der Waals surface area contributed by atoms with Gasteiger partial charge >= 0.3 is 0 Å². The van der Waals surface area contributed by atoms with Crippen LogP contribution in [0.5, 0.6) is 0 Å². The van der Waals surface area contributed by atoms with Crippen LogP contribution in [-0.2, 0) is 11.2 Å². The lowest BCUT2D eigenvalue weighted by atomic mass is 10.3. The smallest absolute Gasteiger partial charge is 0.224 e. The van der Waals surface area contributed by atoms with Crippen molar-refractivity contribution in [2.24, 2.45) is 0 Å². The van der Waals surface area contributed by atoms with E-state index in [4.69, 9.17) is 4.74 Å². The van der Waals surface area contributed by atoms with Crippen LogP contribution in [0.25, 0.3) is 5.65 Å². The van der Waals surface area contributed by atoms with Crippen molar-refractivity contribution in [2.75, 3.05) is 43.1 Å². The lowest BCUT2D eigenvalue weighted by molar-refractivity contribution is 0.122. The van der Waals surface area contributed by atoms with E-state index < -0.39 is 5.82 Å². The second kappa shape index (κ2) is 7.61. The standard InChI is InChI=1S/C17H20FN7O/c18-13-12-20-17(21-16(13)24-8-10-26-11-9-24)19-6-3-5-15-23-22-14-4-1-2-7-25(14)15/h1-2,4,7,12H,3,5-6,8-11H2,(H,19,20,21). The molecule has 1 saturated heterocycles. The van der Waals surface area contributed by atoms with Crippen molar-refractivity contribution < 1.29 is 9.13 Å². The van der Waals surface area contributed by atoms with Gasteiger partial charge < -0.3 is 15.0 Å². The van der Waals surface area contributed by atoms with Gasteiger partial charge in [0.25, 0.3) is 0 Å². The summed E-state index contributed by atoms with van der Waals surface area (Å²) in [5.74, 6) is 1.26. The summed E-state index contributed by atoms with van der Waals surface area (Å²) in [6.07, 6.45) is 4.78. The summed E-state index contributed by atoms with van der Waals surface area (Å²) in [5, 5.41) is 11.5. The highest BCUT2D eigenvalue weighted by molar-refractivity contribution is 5.44. The number of nitrogens with one attached hydrogen (secondary N) is 1. The number of aromatic nitrogens is 5. The number of pyridine rings is 1. The minimum absolute atomic E-state index is 0.328. The zero-order valence-electron chi connectivity index (χ0n) is 14.3. The molecule has 26 heavy (non-hydrogen) atoms. The van der Waals surface area contributed by atoms with Gasteiger partial charge in [0.2, 0.25) is 5.95 Å². The SMILES string of the molecule is Fc1cnc(NCCCc2nnc3ccccn23)nc1N1CCOCC1. The Bertz CT molecular complexity index is 878. The van der Waals surface area contributed by atoms with Gasteiger partial charge in [0.05, 0.1) is 19.4 Å². The molecule has 3 aromatic rings. The highest BCUT2D eigenvalue weighted by atomic mass is 19.1. The topological polar surface area (TPSA) is 80.5 Å². The van der Waals surface area contributed by atoms with E-state index in [1.54, 1.807) is 0 Å². The second-order valence-corrected chi connectivity index (χ2v) is 6.04. The van der Waals surface area contributed by atoms with Crippen LogP contribution >= 0.6 is 0 Å². The zero-order chi connectivity index (χ0) is 17.8. The van der Waals surface area contributed by atoms with Crippen molar-refractivity contribution in [3.63, 3.8) is 0 Å². The van der Waals surface area contributed by atoms with Crippen LogP contribution < -0.4 is 10.2 Å². The monoisotopic (exact) mass is 357 g/mol. The molecule has 3 aromatic heterocycles. The summed E-state index contributed by atoms with van der Waals surface area (Å²) in [4.78, 5) is 10.2. The van der Waals surface area contributed by atoms with Crippen LogP contribution in [0.1, 0.15) is 12.2 Å². The molecule has 1 aliphatic rings. The number of morpholine rings is 1. The molecule has 8 nitrogen and oxygen atoms in total. The molecule has 0 spiro atoms. The Morgan fingerprint density at radius 2 is 2.08 bits per heavy atom. The van der Waals surface area contributed by atoms with Crippen LogP contribution in [0.15, 0.2) is 30.6 Å². The Labute approximate surface area is 150 Å². The number of ether oxygens (including phenoxy) is 1. The number of halogens is 1. The van der Waals surface area contributed by atoms with E-state index in [9.17, 15) is 4.39 Å². The summed E-state index contributed by atoms with van der Waals surface area (Å²) in [6.45, 7) is 3.09. The molecule has 1 aliphatic heterocycles. The van der Waals surface area contributed by atoms with E-state index in [0.29, 0.717) is 44.6 Å². The van der Waals surface area contributed by atoms with Crippen LogP contribution in [0.4, 0.5) is 16.2 Å². The zero-order valence-corrected chi connectivity index (χ0v) is 14.3. The molecule has 0 unspecified atom stereocenters. The summed E-state index contributed by atoms with van der Waals surface area (Å²) in [7, 11) is 0. The van der Waals surface area contributed by atoms with Crippen molar-refractivity contribution in [3.8, 4) is 0 Å². The average molecular weight is 357 g/mol. The van der Waals surface area contributed by atoms with E-state index in [1.165, 1.54) is 6.20 Å². The number of anilines is 2. The van der Waals surface area contributed by atoms with Gasteiger partial charge in [-0.25, -0.2) is 9.37 Å². The third kappa shape index (κ3) is 3.57. The highest BCUT2D eigenvalue weighted by Gasteiger charge is 2.17. The van der Waals surface area contributed by atoms with E-state index in [0.717, 1.165) is 24.3 Å². The molecular weight excluding hydrogens is 337 g/mol. The first-order valence-electron chi connectivity index (χ1n) is 8.69. The molecule has 4 heterocycles. The molecule has 0 saturated carbocycles. The number of hydrogen-bond acceptors (Lipinski definition) is 7. The number of rotatable bonds is 6. The first-order valence-corrected chi connectivity index (χ1v) is 8.69. The summed E-state index contributed by atoms with van der Waals surface area (Å²) in [5.41, 5.74) is 0.840. The van der Waals surface area contributed by atoms with Crippen molar-refractivity contribution in [3.05, 3.63) is 42.2 Å². The predicted molar refractivity (Wildman–Crippen MR) is 94.8 cm³/mol. The summed E-state index contributed by atoms with van der Waals surface area (Å²) >= 11 is 0. The van der Waals surface area contributed by atoms with Gasteiger partial charge in [0.1, 0.15) is 5.82 Å². The quantitative estimate of drug-likeness (QED) is 0.670. The molecule has 0 radical (unpaired) electrons. The molecule has 1 N–H and O–H groups in total. The maximum Gasteiger partial charge on any atom is 0.224 e. The Kier molecular flexibility index (Phi) is 4.87. The lowest BCUT2D eigenvalue weighted by Gasteiger charge is -2.28. The number of aryl methyl sites for hydroxylation is 1. The van der Waals surface area contributed by atoms with Crippen molar-refractivity contribution >= 4 is 17.4 Å². The van der Waals surface area contributed by atoms with Gasteiger partial charge in [-0.05, 0) is 18.6 Å². The van der Waals surface area contributed by atoms with Gasteiger partial charge in [-0.15, -0.1) is 10.2 Å². The van der Waals surface area contributed by atoms with Gasteiger partial charge in [-0.1, -0.05) is 6.07 Å². The van der Waals surface area contributed by atoms with E-state index in [-0.39, 0.29) is 0 Å². The molecular formula is C17H20FN7O. The number of nitrogens with zero attached hydrogens (tertiary/aromatic N) is 6. The van der Waals surface area contributed by atoms with E-state index in [1.807, 2.05) is 33.7 Å². The van der Waals surface area contributed by atoms with Crippen molar-refractivity contribution in [1.29, 1.82) is 0 Å². The third-order valence-electron chi connectivity index (χ3n) is 4.28. The van der Waals surface area contributed by atoms with Gasteiger partial charge in [-0.2, -0.15) is 4.98 Å². The van der Waals surface area contributed by atoms with E-state index >= 15 is 0 Å². The summed E-state index contributed by atoms with van der Waals surface area (Å²) in [6, 6.07) is 5.82. The minimum atomic E-state index is -0.410. The van der Waals surface area contributed by atoms with Crippen molar-refractivity contribution in [2.45, 2.75) is 12.8 Å². The Hall–Kier alpha value is -2.81. The van der Waals surface area contributed by atoms with Crippen LogP contribution in [0.2, 0.25) is 0 Å². The first kappa shape index (κ1) is 16.6. The van der Waals surface area contributed by atoms with Crippen LogP contribution in [0.3, 0.4) is 0 Å². The Morgan fingerprint density at radius 1 is 1.19 bits per heavy atom. The number of fused-ring (bicyclic) bond motifs is 1. The molecule has 1 fully saturated rings. The summed E-state index contributed by atoms with van der Waals surface area (Å²) < 4.78 is 21.3. The second-order valence-electron chi connectivity index (χ2n) is 6.04. The predicted octanol–water partition coefficient (Wildman–Crippen LogP) is 1.54. The maximum absolute atomic E-state index is 14.0. The van der Waals surface area contributed by atoms with Gasteiger partial charge in [-0.3, -0.25) is 4.40 Å². The fraction of sp³-hybridized carbons (Fsp3) is 0.412. The molecule has 9 heteroatoms. The Morgan fingerprint density at radius 3 is 2.96 bits per heavy atom. The highest BCUT2D eigenvalue weighted by Crippen LogP contribution is 2.18. The fourth-order valence-corrected chi connectivity index (χ4v) is 2.95.